The lowest BCUT2D eigenvalue weighted by Gasteiger charge is -2.64. The molecule has 0 bridgehead atoms. The summed E-state index contributed by atoms with van der Waals surface area (Å²) in [6.07, 6.45) is 13.4. The molecule has 0 radical (unpaired) electrons. The maximum atomic E-state index is 12.0. The van der Waals surface area contributed by atoms with Crippen LogP contribution < -0.4 is 0 Å². The predicted octanol–water partition coefficient (Wildman–Crippen LogP) is 3.76. The Morgan fingerprint density at radius 2 is 1.81 bits per heavy atom. The zero-order valence-electron chi connectivity index (χ0n) is 16.4. The molecule has 1 aromatic heterocycles. The molecule has 1 heterocycles. The maximum Gasteiger partial charge on any atom is 0.119 e. The van der Waals surface area contributed by atoms with Crippen molar-refractivity contribution in [3.63, 3.8) is 0 Å². The highest BCUT2D eigenvalue weighted by molar-refractivity contribution is 5.40. The summed E-state index contributed by atoms with van der Waals surface area (Å²) in [6.45, 7) is 4.45. The van der Waals surface area contributed by atoms with Crippen LogP contribution >= 0.6 is 0 Å². The van der Waals surface area contributed by atoms with Crippen LogP contribution in [0.2, 0.25) is 0 Å². The molecule has 5 rings (SSSR count). The summed E-state index contributed by atoms with van der Waals surface area (Å²) < 4.78 is 5.25. The average Bonchev–Trinajstić information content (AvgIpc) is 3.24. The van der Waals surface area contributed by atoms with Crippen LogP contribution in [0.4, 0.5) is 0 Å². The van der Waals surface area contributed by atoms with Gasteiger partial charge in [0.05, 0.1) is 24.2 Å². The van der Waals surface area contributed by atoms with E-state index in [-0.39, 0.29) is 17.4 Å². The van der Waals surface area contributed by atoms with Crippen molar-refractivity contribution < 1.29 is 19.7 Å². The molecular formula is C23H32O4. The highest BCUT2D eigenvalue weighted by Gasteiger charge is 2.70. The summed E-state index contributed by atoms with van der Waals surface area (Å²) >= 11 is 0. The predicted molar refractivity (Wildman–Crippen MR) is 102 cm³/mol. The Bertz CT molecular complexity index is 756. The van der Waals surface area contributed by atoms with E-state index in [1.54, 1.807) is 12.5 Å². The first-order valence-corrected chi connectivity index (χ1v) is 10.6. The molecule has 4 nitrogen and oxygen atoms in total. The Hall–Kier alpha value is -1.10. The molecule has 0 amide bonds. The fourth-order valence-corrected chi connectivity index (χ4v) is 7.62. The highest BCUT2D eigenvalue weighted by atomic mass is 16.3. The zero-order chi connectivity index (χ0) is 19.1. The molecule has 3 saturated carbocycles. The van der Waals surface area contributed by atoms with Crippen LogP contribution in [0.1, 0.15) is 64.4 Å². The molecule has 0 saturated heterocycles. The van der Waals surface area contributed by atoms with Gasteiger partial charge in [-0.05, 0) is 80.3 Å². The van der Waals surface area contributed by atoms with Gasteiger partial charge >= 0.3 is 0 Å². The Morgan fingerprint density at radius 3 is 2.56 bits per heavy atom. The number of furan rings is 1. The van der Waals surface area contributed by atoms with E-state index in [1.807, 2.05) is 18.2 Å². The Kier molecular flexibility index (Phi) is 3.65. The maximum absolute atomic E-state index is 12.0. The molecule has 3 N–H and O–H groups in total. The number of rotatable bonds is 1. The molecule has 8 atom stereocenters. The molecule has 148 valence electrons. The molecule has 3 fully saturated rings. The summed E-state index contributed by atoms with van der Waals surface area (Å²) in [5, 5.41) is 33.9. The molecule has 0 aliphatic heterocycles. The van der Waals surface area contributed by atoms with Gasteiger partial charge in [-0.3, -0.25) is 0 Å². The number of aliphatic hydroxyl groups is 3. The number of hydrogen-bond donors (Lipinski definition) is 3. The molecular weight excluding hydrogens is 340 g/mol. The highest BCUT2D eigenvalue weighted by Crippen LogP contribution is 2.69. The van der Waals surface area contributed by atoms with Crippen LogP contribution in [0.3, 0.4) is 0 Å². The van der Waals surface area contributed by atoms with E-state index in [9.17, 15) is 15.3 Å². The smallest absolute Gasteiger partial charge is 0.119 e. The lowest BCUT2D eigenvalue weighted by atomic mass is 9.42. The summed E-state index contributed by atoms with van der Waals surface area (Å²) in [6, 6.07) is 1.81. The van der Waals surface area contributed by atoms with Gasteiger partial charge < -0.3 is 19.7 Å². The van der Waals surface area contributed by atoms with Crippen LogP contribution in [0.5, 0.6) is 0 Å². The third-order valence-corrected chi connectivity index (χ3v) is 9.45. The van der Waals surface area contributed by atoms with Gasteiger partial charge in [-0.2, -0.15) is 0 Å². The largest absolute Gasteiger partial charge is 0.472 e. The van der Waals surface area contributed by atoms with Crippen molar-refractivity contribution in [1.82, 2.24) is 0 Å². The first-order chi connectivity index (χ1) is 12.7. The Morgan fingerprint density at radius 1 is 1.00 bits per heavy atom. The SMILES string of the molecule is C[C@]12CC[C@H](O)C[C@@H]1CC[C@@H]1[C@@H]2CC[C@]2(C)[C@@](O)(c3ccoc3)C=C[C@]12O. The monoisotopic (exact) mass is 372 g/mol. The van der Waals surface area contributed by atoms with Crippen LogP contribution in [0.15, 0.2) is 35.2 Å². The second-order valence-electron chi connectivity index (χ2n) is 10.2. The summed E-state index contributed by atoms with van der Waals surface area (Å²) in [4.78, 5) is 0. The fraction of sp³-hybridized carbons (Fsp3) is 0.739. The van der Waals surface area contributed by atoms with Gasteiger partial charge in [-0.15, -0.1) is 0 Å². The van der Waals surface area contributed by atoms with Gasteiger partial charge in [0.2, 0.25) is 0 Å². The summed E-state index contributed by atoms with van der Waals surface area (Å²) in [7, 11) is 0. The van der Waals surface area contributed by atoms with Crippen molar-refractivity contribution in [2.24, 2.45) is 28.6 Å². The first-order valence-electron chi connectivity index (χ1n) is 10.6. The minimum absolute atomic E-state index is 0.157. The van der Waals surface area contributed by atoms with Gasteiger partial charge in [0.15, 0.2) is 0 Å². The second kappa shape index (κ2) is 5.49. The van der Waals surface area contributed by atoms with Crippen LogP contribution in [-0.2, 0) is 5.60 Å². The Balaban J connectivity index is 1.54. The number of hydrogen-bond acceptors (Lipinski definition) is 4. The quantitative estimate of drug-likeness (QED) is 0.656. The van der Waals surface area contributed by atoms with Crippen LogP contribution in [0, 0.1) is 28.6 Å². The van der Waals surface area contributed by atoms with E-state index in [0.29, 0.717) is 11.8 Å². The third-order valence-electron chi connectivity index (χ3n) is 9.45. The van der Waals surface area contributed by atoms with E-state index in [4.69, 9.17) is 4.42 Å². The molecule has 0 unspecified atom stereocenters. The first kappa shape index (κ1) is 18.0. The normalized spacial score (nSPS) is 54.3. The lowest BCUT2D eigenvalue weighted by molar-refractivity contribution is -0.227. The lowest BCUT2D eigenvalue weighted by Crippen LogP contribution is -2.65. The molecule has 0 spiro atoms. The number of aliphatic hydroxyl groups excluding tert-OH is 1. The van der Waals surface area contributed by atoms with Crippen molar-refractivity contribution in [1.29, 1.82) is 0 Å². The average molecular weight is 373 g/mol. The Labute approximate surface area is 161 Å². The molecule has 0 aromatic carbocycles. The van der Waals surface area contributed by atoms with Crippen LogP contribution in [-0.4, -0.2) is 27.0 Å². The fourth-order valence-electron chi connectivity index (χ4n) is 7.62. The van der Waals surface area contributed by atoms with Crippen molar-refractivity contribution in [2.45, 2.75) is 76.1 Å². The molecule has 4 aliphatic carbocycles. The van der Waals surface area contributed by atoms with E-state index in [1.165, 1.54) is 0 Å². The molecule has 4 aliphatic rings. The minimum Gasteiger partial charge on any atom is -0.472 e. The molecule has 27 heavy (non-hydrogen) atoms. The van der Waals surface area contributed by atoms with Crippen molar-refractivity contribution in [3.05, 3.63) is 36.3 Å². The summed E-state index contributed by atoms with van der Waals surface area (Å²) in [5.74, 6) is 1.15. The van der Waals surface area contributed by atoms with Crippen molar-refractivity contribution in [3.8, 4) is 0 Å². The van der Waals surface area contributed by atoms with E-state index in [0.717, 1.165) is 50.5 Å². The second-order valence-corrected chi connectivity index (χ2v) is 10.2. The minimum atomic E-state index is -1.19. The zero-order valence-corrected chi connectivity index (χ0v) is 16.4. The van der Waals surface area contributed by atoms with Gasteiger partial charge in [0.1, 0.15) is 5.60 Å². The van der Waals surface area contributed by atoms with Gasteiger partial charge in [0.25, 0.3) is 0 Å². The summed E-state index contributed by atoms with van der Waals surface area (Å²) in [5.41, 5.74) is -1.94. The topological polar surface area (TPSA) is 73.8 Å². The van der Waals surface area contributed by atoms with Crippen molar-refractivity contribution >= 4 is 0 Å². The van der Waals surface area contributed by atoms with E-state index >= 15 is 0 Å². The number of fused-ring (bicyclic) bond motifs is 5. The van der Waals surface area contributed by atoms with Gasteiger partial charge in [-0.25, -0.2) is 0 Å². The standard InChI is InChI=1S/C23H32O4/c1-20-8-5-17(24)13-15(20)3-4-19-18(20)6-9-21(2)22(25,10-11-23(19,21)26)16-7-12-27-14-16/h7,10-12,14-15,17-19,24-26H,3-6,8-9,13H2,1-2H3/t15-,17-,18-,19+,20-,21+,22-,23-/m0/s1. The van der Waals surface area contributed by atoms with Gasteiger partial charge in [-0.1, -0.05) is 19.9 Å². The van der Waals surface area contributed by atoms with Gasteiger partial charge in [0, 0.05) is 11.0 Å². The molecule has 1 aromatic rings. The van der Waals surface area contributed by atoms with E-state index in [2.05, 4.69) is 13.8 Å². The molecule has 4 heteroatoms. The third kappa shape index (κ3) is 2.05. The van der Waals surface area contributed by atoms with Crippen LogP contribution in [0.25, 0.3) is 0 Å². The van der Waals surface area contributed by atoms with Crippen molar-refractivity contribution in [2.75, 3.05) is 0 Å². The van der Waals surface area contributed by atoms with E-state index < -0.39 is 16.6 Å².